The number of nitrogens with zero attached hydrogens (tertiary/aromatic N) is 2. The van der Waals surface area contributed by atoms with Gasteiger partial charge in [-0.05, 0) is 31.5 Å². The van der Waals surface area contributed by atoms with Crippen LogP contribution in [0.3, 0.4) is 0 Å². The smallest absolute Gasteiger partial charge is 0.308 e. The van der Waals surface area contributed by atoms with Crippen molar-refractivity contribution in [3.8, 4) is 23.0 Å². The van der Waals surface area contributed by atoms with E-state index < -0.39 is 5.91 Å². The van der Waals surface area contributed by atoms with Gasteiger partial charge in [0.25, 0.3) is 0 Å². The van der Waals surface area contributed by atoms with E-state index in [4.69, 9.17) is 18.6 Å². The molecule has 0 saturated carbocycles. The molecule has 0 bridgehead atoms. The van der Waals surface area contributed by atoms with Crippen LogP contribution < -0.4 is 14.8 Å². The summed E-state index contributed by atoms with van der Waals surface area (Å²) in [6.45, 7) is 3.87. The molecular formula is C15H17N3O5. The average molecular weight is 319 g/mol. The van der Waals surface area contributed by atoms with Crippen molar-refractivity contribution in [1.29, 1.82) is 0 Å². The molecular weight excluding hydrogens is 302 g/mol. The molecule has 0 spiro atoms. The third kappa shape index (κ3) is 3.59. The maximum absolute atomic E-state index is 11.9. The maximum atomic E-state index is 11.9. The standard InChI is InChI=1S/C15H17N3O5/c1-2-20-7-3-6-16-13(19)15-18-17-14(23-15)10-4-5-11-12(8-10)22-9-21-11/h4-5,8H,2-3,6-7,9H2,1H3,(H,16,19). The highest BCUT2D eigenvalue weighted by molar-refractivity contribution is 5.89. The molecule has 0 radical (unpaired) electrons. The molecule has 2 aromatic rings. The fraction of sp³-hybridized carbons (Fsp3) is 0.400. The summed E-state index contributed by atoms with van der Waals surface area (Å²) in [4.78, 5) is 11.9. The number of benzene rings is 1. The summed E-state index contributed by atoms with van der Waals surface area (Å²) < 4.78 is 21.1. The lowest BCUT2D eigenvalue weighted by molar-refractivity contribution is 0.0910. The van der Waals surface area contributed by atoms with E-state index in [-0.39, 0.29) is 18.6 Å². The second-order valence-electron chi connectivity index (χ2n) is 4.79. The number of amides is 1. The van der Waals surface area contributed by atoms with Gasteiger partial charge in [0, 0.05) is 25.3 Å². The molecule has 122 valence electrons. The van der Waals surface area contributed by atoms with Crippen molar-refractivity contribution in [3.63, 3.8) is 0 Å². The third-order valence-corrected chi connectivity index (χ3v) is 3.19. The predicted molar refractivity (Wildman–Crippen MR) is 79.3 cm³/mol. The molecule has 1 aromatic carbocycles. The first-order valence-corrected chi connectivity index (χ1v) is 7.37. The van der Waals surface area contributed by atoms with Crippen LogP contribution in [0.1, 0.15) is 24.0 Å². The molecule has 8 nitrogen and oxygen atoms in total. The van der Waals surface area contributed by atoms with Crippen LogP contribution in [0.2, 0.25) is 0 Å². The summed E-state index contributed by atoms with van der Waals surface area (Å²) in [6, 6.07) is 5.26. The lowest BCUT2D eigenvalue weighted by Gasteiger charge is -2.02. The average Bonchev–Trinajstić information content (AvgIpc) is 3.22. The van der Waals surface area contributed by atoms with Crippen molar-refractivity contribution in [3.05, 3.63) is 24.1 Å². The van der Waals surface area contributed by atoms with Gasteiger partial charge in [-0.25, -0.2) is 0 Å². The van der Waals surface area contributed by atoms with Crippen LogP contribution in [0.4, 0.5) is 0 Å². The first kappa shape index (κ1) is 15.3. The van der Waals surface area contributed by atoms with Crippen LogP contribution in [0.15, 0.2) is 22.6 Å². The van der Waals surface area contributed by atoms with Crippen LogP contribution in [-0.4, -0.2) is 42.7 Å². The molecule has 1 aliphatic heterocycles. The van der Waals surface area contributed by atoms with Crippen molar-refractivity contribution < 1.29 is 23.4 Å². The van der Waals surface area contributed by atoms with Gasteiger partial charge in [0.1, 0.15) is 0 Å². The van der Waals surface area contributed by atoms with Crippen LogP contribution >= 0.6 is 0 Å². The molecule has 1 aromatic heterocycles. The highest BCUT2D eigenvalue weighted by atomic mass is 16.7. The van der Waals surface area contributed by atoms with Gasteiger partial charge in [-0.15, -0.1) is 10.2 Å². The molecule has 0 fully saturated rings. The van der Waals surface area contributed by atoms with Gasteiger partial charge < -0.3 is 23.9 Å². The second kappa shape index (κ2) is 7.10. The lowest BCUT2D eigenvalue weighted by Crippen LogP contribution is -2.25. The predicted octanol–water partition coefficient (Wildman–Crippen LogP) is 1.62. The SMILES string of the molecule is CCOCCCNC(=O)c1nnc(-c2ccc3c(c2)OCO3)o1. The number of carbonyl (C=O) groups is 1. The summed E-state index contributed by atoms with van der Waals surface area (Å²) in [5.74, 6) is 1.06. The first-order chi connectivity index (χ1) is 11.3. The number of hydrogen-bond acceptors (Lipinski definition) is 7. The molecule has 0 unspecified atom stereocenters. The van der Waals surface area contributed by atoms with Crippen LogP contribution in [0.25, 0.3) is 11.5 Å². The number of nitrogens with one attached hydrogen (secondary N) is 1. The van der Waals surface area contributed by atoms with E-state index in [1.54, 1.807) is 18.2 Å². The minimum absolute atomic E-state index is 0.0749. The van der Waals surface area contributed by atoms with E-state index in [0.717, 1.165) is 6.42 Å². The topological polar surface area (TPSA) is 95.7 Å². The maximum Gasteiger partial charge on any atom is 0.308 e. The minimum Gasteiger partial charge on any atom is -0.454 e. The monoisotopic (exact) mass is 319 g/mol. The van der Waals surface area contributed by atoms with Crippen molar-refractivity contribution in [2.24, 2.45) is 0 Å². The molecule has 0 atom stereocenters. The van der Waals surface area contributed by atoms with E-state index in [2.05, 4.69) is 15.5 Å². The minimum atomic E-state index is -0.402. The number of carbonyl (C=O) groups excluding carboxylic acids is 1. The number of ether oxygens (including phenoxy) is 3. The summed E-state index contributed by atoms with van der Waals surface area (Å²) in [5.41, 5.74) is 0.664. The fourth-order valence-electron chi connectivity index (χ4n) is 2.06. The van der Waals surface area contributed by atoms with Gasteiger partial charge in [-0.2, -0.15) is 0 Å². The van der Waals surface area contributed by atoms with Crippen molar-refractivity contribution in [2.45, 2.75) is 13.3 Å². The van der Waals surface area contributed by atoms with Crippen LogP contribution in [0.5, 0.6) is 11.5 Å². The fourth-order valence-corrected chi connectivity index (χ4v) is 2.06. The number of aromatic nitrogens is 2. The van der Waals surface area contributed by atoms with Crippen molar-refractivity contribution in [2.75, 3.05) is 26.6 Å². The summed E-state index contributed by atoms with van der Waals surface area (Å²) >= 11 is 0. The Kier molecular flexibility index (Phi) is 4.72. The van der Waals surface area contributed by atoms with Crippen molar-refractivity contribution in [1.82, 2.24) is 15.5 Å². The molecule has 1 N–H and O–H groups in total. The molecule has 0 saturated heterocycles. The van der Waals surface area contributed by atoms with Crippen LogP contribution in [-0.2, 0) is 4.74 Å². The van der Waals surface area contributed by atoms with Gasteiger partial charge in [-0.3, -0.25) is 4.79 Å². The lowest BCUT2D eigenvalue weighted by atomic mass is 10.2. The van der Waals surface area contributed by atoms with E-state index in [9.17, 15) is 4.79 Å². The first-order valence-electron chi connectivity index (χ1n) is 7.37. The van der Waals surface area contributed by atoms with E-state index in [0.29, 0.717) is 36.8 Å². The molecule has 3 rings (SSSR count). The van der Waals surface area contributed by atoms with Gasteiger partial charge in [0.15, 0.2) is 11.5 Å². The summed E-state index contributed by atoms with van der Waals surface area (Å²) in [7, 11) is 0. The Morgan fingerprint density at radius 3 is 3.04 bits per heavy atom. The Balaban J connectivity index is 1.60. The molecule has 2 heterocycles. The Labute approximate surface area is 132 Å². The van der Waals surface area contributed by atoms with E-state index in [1.165, 1.54) is 0 Å². The Hall–Kier alpha value is -2.61. The van der Waals surface area contributed by atoms with E-state index in [1.807, 2.05) is 6.92 Å². The van der Waals surface area contributed by atoms with E-state index >= 15 is 0 Å². The molecule has 1 aliphatic rings. The third-order valence-electron chi connectivity index (χ3n) is 3.19. The number of hydrogen-bond donors (Lipinski definition) is 1. The largest absolute Gasteiger partial charge is 0.454 e. The highest BCUT2D eigenvalue weighted by Crippen LogP contribution is 2.35. The summed E-state index contributed by atoms with van der Waals surface area (Å²) in [5, 5.41) is 10.4. The zero-order valence-corrected chi connectivity index (χ0v) is 12.7. The summed E-state index contributed by atoms with van der Waals surface area (Å²) in [6.07, 6.45) is 0.725. The van der Waals surface area contributed by atoms with Gasteiger partial charge in [0.2, 0.25) is 12.7 Å². The second-order valence-corrected chi connectivity index (χ2v) is 4.79. The Morgan fingerprint density at radius 2 is 2.17 bits per heavy atom. The number of fused-ring (bicyclic) bond motifs is 1. The van der Waals surface area contributed by atoms with Gasteiger partial charge >= 0.3 is 11.8 Å². The Morgan fingerprint density at radius 1 is 1.30 bits per heavy atom. The normalized spacial score (nSPS) is 12.4. The molecule has 1 amide bonds. The molecule has 0 aliphatic carbocycles. The molecule has 23 heavy (non-hydrogen) atoms. The quantitative estimate of drug-likeness (QED) is 0.775. The molecule has 8 heteroatoms. The van der Waals surface area contributed by atoms with Gasteiger partial charge in [0.05, 0.1) is 0 Å². The Bertz CT molecular complexity index is 686. The highest BCUT2D eigenvalue weighted by Gasteiger charge is 2.19. The zero-order chi connectivity index (χ0) is 16.1. The van der Waals surface area contributed by atoms with Gasteiger partial charge in [-0.1, -0.05) is 0 Å². The van der Waals surface area contributed by atoms with Crippen molar-refractivity contribution >= 4 is 5.91 Å². The van der Waals surface area contributed by atoms with Crippen LogP contribution in [0, 0.1) is 0 Å². The zero-order valence-electron chi connectivity index (χ0n) is 12.7. The number of rotatable bonds is 7.